The van der Waals surface area contributed by atoms with Gasteiger partial charge in [0.05, 0.1) is 6.61 Å². The van der Waals surface area contributed by atoms with Gasteiger partial charge in [-0.3, -0.25) is 4.90 Å². The summed E-state index contributed by atoms with van der Waals surface area (Å²) in [6, 6.07) is 15.3. The van der Waals surface area contributed by atoms with Gasteiger partial charge < -0.3 is 4.74 Å². The summed E-state index contributed by atoms with van der Waals surface area (Å²) < 4.78 is 18.6. The summed E-state index contributed by atoms with van der Waals surface area (Å²) in [5.74, 6) is 0.794. The summed E-state index contributed by atoms with van der Waals surface area (Å²) in [5, 5.41) is 0. The van der Waals surface area contributed by atoms with Gasteiger partial charge in [0.25, 0.3) is 0 Å². The average molecular weight is 271 g/mol. The summed E-state index contributed by atoms with van der Waals surface area (Å²) in [5.41, 5.74) is 2.36. The second-order valence-corrected chi connectivity index (χ2v) is 5.23. The molecule has 0 spiro atoms. The summed E-state index contributed by atoms with van der Waals surface area (Å²) in [6.07, 6.45) is 0.981. The SMILES string of the molecule is CN(Cc1ccc(F)cc1)C1CCOc2ccccc21. The van der Waals surface area contributed by atoms with Crippen molar-refractivity contribution in [3.63, 3.8) is 0 Å². The Balaban J connectivity index is 1.78. The maximum atomic E-state index is 12.9. The quantitative estimate of drug-likeness (QED) is 0.842. The molecule has 0 amide bonds. The first kappa shape index (κ1) is 13.1. The van der Waals surface area contributed by atoms with E-state index in [4.69, 9.17) is 4.74 Å². The third-order valence-corrected chi connectivity index (χ3v) is 3.80. The molecule has 0 saturated carbocycles. The Kier molecular flexibility index (Phi) is 3.70. The monoisotopic (exact) mass is 271 g/mol. The number of nitrogens with zero attached hydrogens (tertiary/aromatic N) is 1. The Morgan fingerprint density at radius 3 is 2.70 bits per heavy atom. The molecule has 0 saturated heterocycles. The highest BCUT2D eigenvalue weighted by atomic mass is 19.1. The molecule has 1 heterocycles. The van der Waals surface area contributed by atoms with Crippen molar-refractivity contribution < 1.29 is 9.13 Å². The number of rotatable bonds is 3. The van der Waals surface area contributed by atoms with Crippen molar-refractivity contribution in [3.8, 4) is 5.75 Å². The van der Waals surface area contributed by atoms with Gasteiger partial charge in [0.15, 0.2) is 0 Å². The van der Waals surface area contributed by atoms with E-state index in [0.29, 0.717) is 6.04 Å². The minimum atomic E-state index is -0.187. The maximum Gasteiger partial charge on any atom is 0.124 e. The van der Waals surface area contributed by atoms with Crippen LogP contribution in [0.3, 0.4) is 0 Å². The Hall–Kier alpha value is -1.87. The summed E-state index contributed by atoms with van der Waals surface area (Å²) in [7, 11) is 2.11. The molecule has 0 radical (unpaired) electrons. The van der Waals surface area contributed by atoms with Crippen LogP contribution in [0.5, 0.6) is 5.75 Å². The highest BCUT2D eigenvalue weighted by molar-refractivity contribution is 5.37. The van der Waals surface area contributed by atoms with Gasteiger partial charge >= 0.3 is 0 Å². The van der Waals surface area contributed by atoms with Crippen LogP contribution >= 0.6 is 0 Å². The molecule has 2 aromatic rings. The van der Waals surface area contributed by atoms with Crippen molar-refractivity contribution >= 4 is 0 Å². The van der Waals surface area contributed by atoms with Gasteiger partial charge in [-0.25, -0.2) is 4.39 Å². The molecule has 1 aliphatic heterocycles. The Morgan fingerprint density at radius 2 is 1.90 bits per heavy atom. The van der Waals surface area contributed by atoms with E-state index in [-0.39, 0.29) is 5.82 Å². The van der Waals surface area contributed by atoms with E-state index in [1.165, 1.54) is 17.7 Å². The molecule has 2 aromatic carbocycles. The predicted molar refractivity (Wildman–Crippen MR) is 77.2 cm³/mol. The smallest absolute Gasteiger partial charge is 0.124 e. The lowest BCUT2D eigenvalue weighted by Crippen LogP contribution is -2.29. The van der Waals surface area contributed by atoms with Gasteiger partial charge in [0.2, 0.25) is 0 Å². The summed E-state index contributed by atoms with van der Waals surface area (Å²) in [6.45, 7) is 1.55. The number of para-hydroxylation sites is 1. The van der Waals surface area contributed by atoms with Crippen molar-refractivity contribution in [2.45, 2.75) is 19.0 Å². The summed E-state index contributed by atoms with van der Waals surface area (Å²) in [4.78, 5) is 2.30. The van der Waals surface area contributed by atoms with Crippen molar-refractivity contribution in [1.29, 1.82) is 0 Å². The van der Waals surface area contributed by atoms with Crippen LogP contribution in [0, 0.1) is 5.82 Å². The standard InChI is InChI=1S/C17H18FNO/c1-19(12-13-6-8-14(18)9-7-13)16-10-11-20-17-5-3-2-4-15(16)17/h2-9,16H,10-12H2,1H3. The Labute approximate surface area is 118 Å². The lowest BCUT2D eigenvalue weighted by molar-refractivity contribution is 0.161. The molecule has 1 aliphatic rings. The van der Waals surface area contributed by atoms with Gasteiger partial charge in [0.1, 0.15) is 11.6 Å². The van der Waals surface area contributed by atoms with E-state index in [0.717, 1.165) is 30.9 Å². The highest BCUT2D eigenvalue weighted by Gasteiger charge is 2.24. The second kappa shape index (κ2) is 5.63. The van der Waals surface area contributed by atoms with Gasteiger partial charge in [-0.1, -0.05) is 30.3 Å². The summed E-state index contributed by atoms with van der Waals surface area (Å²) >= 11 is 0. The third-order valence-electron chi connectivity index (χ3n) is 3.80. The van der Waals surface area contributed by atoms with Crippen molar-refractivity contribution in [2.75, 3.05) is 13.7 Å². The minimum Gasteiger partial charge on any atom is -0.493 e. The van der Waals surface area contributed by atoms with Gasteiger partial charge in [-0.05, 0) is 30.8 Å². The zero-order valence-corrected chi connectivity index (χ0v) is 11.6. The fourth-order valence-electron chi connectivity index (χ4n) is 2.77. The molecule has 0 fully saturated rings. The highest BCUT2D eigenvalue weighted by Crippen LogP contribution is 2.35. The van der Waals surface area contributed by atoms with Crippen LogP contribution in [0.4, 0.5) is 4.39 Å². The maximum absolute atomic E-state index is 12.9. The lowest BCUT2D eigenvalue weighted by atomic mass is 9.99. The molecule has 0 aliphatic carbocycles. The number of halogens is 1. The van der Waals surface area contributed by atoms with E-state index < -0.39 is 0 Å². The van der Waals surface area contributed by atoms with Crippen LogP contribution in [-0.2, 0) is 6.54 Å². The van der Waals surface area contributed by atoms with Crippen LogP contribution < -0.4 is 4.74 Å². The third kappa shape index (κ3) is 2.68. The predicted octanol–water partition coefficient (Wildman–Crippen LogP) is 3.78. The zero-order valence-electron chi connectivity index (χ0n) is 11.6. The molecule has 3 heteroatoms. The molecule has 0 bridgehead atoms. The van der Waals surface area contributed by atoms with Crippen LogP contribution in [-0.4, -0.2) is 18.6 Å². The van der Waals surface area contributed by atoms with Gasteiger partial charge in [-0.15, -0.1) is 0 Å². The molecular formula is C17H18FNO. The lowest BCUT2D eigenvalue weighted by Gasteiger charge is -2.33. The molecule has 1 atom stereocenters. The number of ether oxygens (including phenoxy) is 1. The van der Waals surface area contributed by atoms with Gasteiger partial charge in [0, 0.05) is 24.6 Å². The fourth-order valence-corrected chi connectivity index (χ4v) is 2.77. The molecule has 104 valence electrons. The van der Waals surface area contributed by atoms with Crippen LogP contribution in [0.2, 0.25) is 0 Å². The van der Waals surface area contributed by atoms with E-state index in [1.54, 1.807) is 0 Å². The average Bonchev–Trinajstić information content (AvgIpc) is 2.49. The molecular weight excluding hydrogens is 253 g/mol. The number of fused-ring (bicyclic) bond motifs is 1. The van der Waals surface area contributed by atoms with E-state index >= 15 is 0 Å². The normalized spacial score (nSPS) is 17.6. The molecule has 1 unspecified atom stereocenters. The van der Waals surface area contributed by atoms with E-state index in [2.05, 4.69) is 18.0 Å². The molecule has 2 nitrogen and oxygen atoms in total. The number of benzene rings is 2. The minimum absolute atomic E-state index is 0.187. The first-order valence-electron chi connectivity index (χ1n) is 6.90. The van der Waals surface area contributed by atoms with Crippen LogP contribution in [0.25, 0.3) is 0 Å². The van der Waals surface area contributed by atoms with Crippen molar-refractivity contribution in [2.24, 2.45) is 0 Å². The van der Waals surface area contributed by atoms with Crippen LogP contribution in [0.15, 0.2) is 48.5 Å². The molecule has 20 heavy (non-hydrogen) atoms. The molecule has 0 N–H and O–H groups in total. The number of hydrogen-bond acceptors (Lipinski definition) is 2. The van der Waals surface area contributed by atoms with Crippen molar-refractivity contribution in [3.05, 3.63) is 65.5 Å². The number of hydrogen-bond donors (Lipinski definition) is 0. The topological polar surface area (TPSA) is 12.5 Å². The fraction of sp³-hybridized carbons (Fsp3) is 0.294. The first-order chi connectivity index (χ1) is 9.74. The molecule has 3 rings (SSSR count). The van der Waals surface area contributed by atoms with Crippen molar-refractivity contribution in [1.82, 2.24) is 4.90 Å². The molecule has 0 aromatic heterocycles. The Morgan fingerprint density at radius 1 is 1.15 bits per heavy atom. The van der Waals surface area contributed by atoms with Gasteiger partial charge in [-0.2, -0.15) is 0 Å². The van der Waals surface area contributed by atoms with Crippen LogP contribution in [0.1, 0.15) is 23.6 Å². The van der Waals surface area contributed by atoms with E-state index in [1.807, 2.05) is 30.3 Å². The largest absolute Gasteiger partial charge is 0.493 e. The first-order valence-corrected chi connectivity index (χ1v) is 6.90. The Bertz CT molecular complexity index is 582. The second-order valence-electron chi connectivity index (χ2n) is 5.23. The zero-order chi connectivity index (χ0) is 13.9. The van der Waals surface area contributed by atoms with E-state index in [9.17, 15) is 4.39 Å².